The molecular formula is C24H26F3N3O2. The Labute approximate surface area is 185 Å². The van der Waals surface area contributed by atoms with E-state index in [0.29, 0.717) is 31.7 Å². The number of carbonyl (C=O) groups excluding carboxylic acids is 1. The number of aromatic nitrogens is 1. The van der Waals surface area contributed by atoms with E-state index in [1.54, 1.807) is 17.2 Å². The molecule has 3 fully saturated rings. The molecule has 2 aromatic rings. The van der Waals surface area contributed by atoms with Crippen LogP contribution in [0.1, 0.15) is 41.7 Å². The zero-order valence-corrected chi connectivity index (χ0v) is 17.8. The van der Waals surface area contributed by atoms with Crippen LogP contribution in [0.4, 0.5) is 13.2 Å². The molecule has 1 saturated carbocycles. The summed E-state index contributed by atoms with van der Waals surface area (Å²) in [4.78, 5) is 21.1. The molecule has 2 aliphatic heterocycles. The predicted molar refractivity (Wildman–Crippen MR) is 112 cm³/mol. The first-order valence-corrected chi connectivity index (χ1v) is 11.1. The van der Waals surface area contributed by atoms with Crippen LogP contribution in [0.5, 0.6) is 0 Å². The van der Waals surface area contributed by atoms with Crippen LogP contribution in [0.15, 0.2) is 36.5 Å². The fraction of sp³-hybridized carbons (Fsp3) is 0.500. The number of piperidine rings is 1. The van der Waals surface area contributed by atoms with Crippen molar-refractivity contribution < 1.29 is 22.7 Å². The highest BCUT2D eigenvalue weighted by Crippen LogP contribution is 2.49. The van der Waals surface area contributed by atoms with Gasteiger partial charge in [0.2, 0.25) is 0 Å². The molecule has 0 radical (unpaired) electrons. The minimum atomic E-state index is -1.10. The third-order valence-corrected chi connectivity index (χ3v) is 6.93. The van der Waals surface area contributed by atoms with Gasteiger partial charge < -0.3 is 14.5 Å². The van der Waals surface area contributed by atoms with Crippen molar-refractivity contribution in [3.05, 3.63) is 65.2 Å². The lowest BCUT2D eigenvalue weighted by Gasteiger charge is -2.50. The zero-order chi connectivity index (χ0) is 22.3. The Bertz CT molecular complexity index is 1020. The molecule has 1 aromatic heterocycles. The number of hydrogen-bond acceptors (Lipinski definition) is 4. The van der Waals surface area contributed by atoms with Crippen LogP contribution >= 0.6 is 0 Å². The van der Waals surface area contributed by atoms with E-state index in [9.17, 15) is 18.0 Å². The normalized spacial score (nSPS) is 21.8. The van der Waals surface area contributed by atoms with Crippen molar-refractivity contribution in [1.82, 2.24) is 14.8 Å². The molecule has 0 unspecified atom stereocenters. The van der Waals surface area contributed by atoms with Crippen molar-refractivity contribution in [2.75, 3.05) is 32.7 Å². The van der Waals surface area contributed by atoms with Gasteiger partial charge in [-0.25, -0.2) is 13.2 Å². The maximum Gasteiger partial charge on any atom is 0.257 e. The molecule has 5 rings (SSSR count). The second-order valence-corrected chi connectivity index (χ2v) is 9.25. The van der Waals surface area contributed by atoms with Gasteiger partial charge >= 0.3 is 0 Å². The molecule has 1 amide bonds. The molecule has 2 spiro atoms. The molecule has 0 bridgehead atoms. The van der Waals surface area contributed by atoms with Gasteiger partial charge in [-0.05, 0) is 49.9 Å². The van der Waals surface area contributed by atoms with E-state index in [0.717, 1.165) is 44.8 Å². The van der Waals surface area contributed by atoms with E-state index in [1.807, 2.05) is 0 Å². The van der Waals surface area contributed by atoms with Crippen molar-refractivity contribution >= 4 is 5.91 Å². The molecule has 1 aromatic carbocycles. The largest absolute Gasteiger partial charge is 0.365 e. The van der Waals surface area contributed by atoms with Crippen LogP contribution in [0.3, 0.4) is 0 Å². The molecule has 3 aliphatic rings. The maximum absolute atomic E-state index is 14.3. The molecular weight excluding hydrogens is 419 g/mol. The van der Waals surface area contributed by atoms with Gasteiger partial charge in [-0.3, -0.25) is 9.78 Å². The summed E-state index contributed by atoms with van der Waals surface area (Å²) in [5.41, 5.74) is -0.613. The molecule has 0 N–H and O–H groups in total. The number of rotatable bonds is 4. The number of halogens is 3. The van der Waals surface area contributed by atoms with Crippen LogP contribution < -0.4 is 0 Å². The van der Waals surface area contributed by atoms with Crippen LogP contribution in [0, 0.1) is 17.5 Å². The number of hydrogen-bond donors (Lipinski definition) is 0. The Kier molecular flexibility index (Phi) is 5.45. The quantitative estimate of drug-likeness (QED) is 0.722. The summed E-state index contributed by atoms with van der Waals surface area (Å²) < 4.78 is 48.3. The Hall–Kier alpha value is -2.45. The second-order valence-electron chi connectivity index (χ2n) is 9.25. The molecule has 2 saturated heterocycles. The van der Waals surface area contributed by atoms with Gasteiger partial charge in [0.1, 0.15) is 5.82 Å². The molecule has 8 heteroatoms. The molecule has 5 nitrogen and oxygen atoms in total. The summed E-state index contributed by atoms with van der Waals surface area (Å²) in [7, 11) is 0. The lowest BCUT2D eigenvalue weighted by atomic mass is 9.87. The van der Waals surface area contributed by atoms with Gasteiger partial charge in [-0.1, -0.05) is 6.07 Å². The second kappa shape index (κ2) is 8.15. The predicted octanol–water partition coefficient (Wildman–Crippen LogP) is 3.58. The highest BCUT2D eigenvalue weighted by molar-refractivity contribution is 5.94. The first-order valence-electron chi connectivity index (χ1n) is 11.1. The number of ether oxygens (including phenoxy) is 1. The van der Waals surface area contributed by atoms with E-state index in [1.165, 1.54) is 18.2 Å². The van der Waals surface area contributed by atoms with Gasteiger partial charge in [-0.15, -0.1) is 0 Å². The van der Waals surface area contributed by atoms with Crippen molar-refractivity contribution in [2.24, 2.45) is 0 Å². The first-order chi connectivity index (χ1) is 15.4. The van der Waals surface area contributed by atoms with Crippen molar-refractivity contribution in [1.29, 1.82) is 0 Å². The number of amides is 1. The molecule has 0 atom stereocenters. The van der Waals surface area contributed by atoms with Crippen LogP contribution in [-0.4, -0.2) is 64.6 Å². The minimum Gasteiger partial charge on any atom is -0.365 e. The van der Waals surface area contributed by atoms with E-state index < -0.39 is 23.1 Å². The Balaban J connectivity index is 1.25. The third-order valence-electron chi connectivity index (χ3n) is 6.93. The first kappa shape index (κ1) is 21.4. The SMILES string of the molecule is O=C(c1cccc(F)c1F)N1CC2(CCN(CCc3ncccc3F)CC2)OC2(CC2)C1. The Morgan fingerprint density at radius 2 is 1.66 bits per heavy atom. The van der Waals surface area contributed by atoms with E-state index in [4.69, 9.17) is 4.74 Å². The monoisotopic (exact) mass is 445 g/mol. The number of pyridine rings is 1. The Morgan fingerprint density at radius 3 is 2.34 bits per heavy atom. The van der Waals surface area contributed by atoms with Gasteiger partial charge in [0, 0.05) is 32.3 Å². The van der Waals surface area contributed by atoms with Crippen LogP contribution in [0.2, 0.25) is 0 Å². The number of benzene rings is 1. The van der Waals surface area contributed by atoms with Crippen molar-refractivity contribution in [3.63, 3.8) is 0 Å². The fourth-order valence-electron chi connectivity index (χ4n) is 4.97. The van der Waals surface area contributed by atoms with E-state index >= 15 is 0 Å². The number of carbonyl (C=O) groups is 1. The van der Waals surface area contributed by atoms with Crippen molar-refractivity contribution in [3.8, 4) is 0 Å². The molecule has 170 valence electrons. The molecule has 1 aliphatic carbocycles. The minimum absolute atomic E-state index is 0.229. The summed E-state index contributed by atoms with van der Waals surface area (Å²) in [6, 6.07) is 6.72. The van der Waals surface area contributed by atoms with Gasteiger partial charge in [0.05, 0.1) is 35.5 Å². The van der Waals surface area contributed by atoms with Gasteiger partial charge in [0.25, 0.3) is 5.91 Å². The topological polar surface area (TPSA) is 45.7 Å². The highest BCUT2D eigenvalue weighted by atomic mass is 19.2. The fourth-order valence-corrected chi connectivity index (χ4v) is 4.97. The number of nitrogens with zero attached hydrogens (tertiary/aromatic N) is 3. The third kappa shape index (κ3) is 4.13. The standard InChI is InChI=1S/C24H26F3N3O2/c25-18-5-2-11-28-20(18)6-12-29-13-9-24(10-14-29)16-30(15-23(32-24)7-8-23)22(31)17-3-1-4-19(26)21(17)27/h1-5,11H,6-10,12-16H2. The lowest BCUT2D eigenvalue weighted by molar-refractivity contribution is -0.179. The average molecular weight is 445 g/mol. The average Bonchev–Trinajstić information content (AvgIpc) is 3.53. The molecule has 32 heavy (non-hydrogen) atoms. The Morgan fingerprint density at radius 1 is 0.969 bits per heavy atom. The van der Waals surface area contributed by atoms with E-state index in [-0.39, 0.29) is 17.0 Å². The highest BCUT2D eigenvalue weighted by Gasteiger charge is 2.56. The summed E-state index contributed by atoms with van der Waals surface area (Å²) in [6.45, 7) is 3.01. The van der Waals surface area contributed by atoms with Gasteiger partial charge in [-0.2, -0.15) is 0 Å². The zero-order valence-electron chi connectivity index (χ0n) is 17.8. The lowest BCUT2D eigenvalue weighted by Crippen LogP contribution is -2.61. The summed E-state index contributed by atoms with van der Waals surface area (Å²) in [5.74, 6) is -2.88. The summed E-state index contributed by atoms with van der Waals surface area (Å²) >= 11 is 0. The smallest absolute Gasteiger partial charge is 0.257 e. The number of likely N-dealkylation sites (tertiary alicyclic amines) is 1. The maximum atomic E-state index is 14.3. The van der Waals surface area contributed by atoms with Crippen LogP contribution in [0.25, 0.3) is 0 Å². The number of morpholine rings is 1. The van der Waals surface area contributed by atoms with E-state index in [2.05, 4.69) is 9.88 Å². The van der Waals surface area contributed by atoms with Gasteiger partial charge in [0.15, 0.2) is 11.6 Å². The van der Waals surface area contributed by atoms with Crippen molar-refractivity contribution in [2.45, 2.75) is 43.3 Å². The molecule has 3 heterocycles. The summed E-state index contributed by atoms with van der Waals surface area (Å²) in [6.07, 6.45) is 5.33. The summed E-state index contributed by atoms with van der Waals surface area (Å²) in [5, 5.41) is 0. The van der Waals surface area contributed by atoms with Crippen LogP contribution in [-0.2, 0) is 11.2 Å².